The lowest BCUT2D eigenvalue weighted by atomic mass is 10.2. The van der Waals surface area contributed by atoms with Crippen molar-refractivity contribution in [3.8, 4) is 11.5 Å². The molecule has 6 nitrogen and oxygen atoms in total. The number of benzene rings is 2. The number of anilines is 1. The number of amides is 1. The van der Waals surface area contributed by atoms with Gasteiger partial charge in [-0.1, -0.05) is 28.1 Å². The number of phenols is 1. The van der Waals surface area contributed by atoms with Crippen LogP contribution in [0.15, 0.2) is 50.4 Å². The first kappa shape index (κ1) is 18.3. The van der Waals surface area contributed by atoms with Gasteiger partial charge < -0.3 is 15.2 Å². The van der Waals surface area contributed by atoms with Crippen LogP contribution in [0, 0.1) is 0 Å². The number of carbonyl (C=O) groups excluding carboxylic acids is 1. The van der Waals surface area contributed by atoms with Crippen LogP contribution in [-0.2, 0) is 4.79 Å². The molecule has 1 amide bonds. The lowest BCUT2D eigenvalue weighted by Crippen LogP contribution is -2.26. The highest BCUT2D eigenvalue weighted by Gasteiger charge is 2.06. The van der Waals surface area contributed by atoms with Crippen molar-refractivity contribution in [2.24, 2.45) is 5.10 Å². The van der Waals surface area contributed by atoms with Crippen molar-refractivity contribution in [3.63, 3.8) is 0 Å². The Kier molecular flexibility index (Phi) is 6.62. The maximum absolute atomic E-state index is 11.8. The molecule has 0 saturated carbocycles. The van der Waals surface area contributed by atoms with Crippen LogP contribution in [0.3, 0.4) is 0 Å². The van der Waals surface area contributed by atoms with E-state index in [1.54, 1.807) is 25.3 Å². The van der Waals surface area contributed by atoms with Gasteiger partial charge in [0, 0.05) is 10.0 Å². The average Bonchev–Trinajstić information content (AvgIpc) is 2.57. The average molecular weight is 457 g/mol. The SMILES string of the molecule is COc1ccccc1NCC(=O)N/N=C/c1cc(Br)cc(Br)c1O. The zero-order valence-electron chi connectivity index (χ0n) is 12.7. The molecule has 0 atom stereocenters. The van der Waals surface area contributed by atoms with Crippen LogP contribution < -0.4 is 15.5 Å². The van der Waals surface area contributed by atoms with Crippen molar-refractivity contribution in [3.05, 3.63) is 50.9 Å². The molecule has 24 heavy (non-hydrogen) atoms. The molecule has 0 unspecified atom stereocenters. The van der Waals surface area contributed by atoms with E-state index in [4.69, 9.17) is 4.74 Å². The fourth-order valence-electron chi connectivity index (χ4n) is 1.86. The molecule has 2 rings (SSSR count). The van der Waals surface area contributed by atoms with Crippen molar-refractivity contribution in [2.75, 3.05) is 19.0 Å². The van der Waals surface area contributed by atoms with E-state index < -0.39 is 0 Å². The first-order valence-electron chi connectivity index (χ1n) is 6.88. The smallest absolute Gasteiger partial charge is 0.259 e. The van der Waals surface area contributed by atoms with Gasteiger partial charge in [-0.2, -0.15) is 5.10 Å². The number of hydrogen-bond donors (Lipinski definition) is 3. The molecule has 2 aromatic carbocycles. The molecular weight excluding hydrogens is 442 g/mol. The molecule has 0 fully saturated rings. The first-order chi connectivity index (χ1) is 11.5. The number of para-hydroxylation sites is 2. The summed E-state index contributed by atoms with van der Waals surface area (Å²) < 4.78 is 6.50. The standard InChI is InChI=1S/C16H15Br2N3O3/c1-24-14-5-3-2-4-13(14)19-9-15(22)21-20-8-10-6-11(17)7-12(18)16(10)23/h2-8,19,23H,9H2,1H3,(H,21,22)/b20-8+. The molecule has 0 heterocycles. The van der Waals surface area contributed by atoms with Crippen molar-refractivity contribution >= 4 is 49.7 Å². The Morgan fingerprint density at radius 3 is 2.83 bits per heavy atom. The van der Waals surface area contributed by atoms with E-state index in [9.17, 15) is 9.90 Å². The second kappa shape index (κ2) is 8.70. The van der Waals surface area contributed by atoms with Crippen LogP contribution in [-0.4, -0.2) is 30.9 Å². The number of phenolic OH excluding ortho intramolecular Hbond substituents is 1. The van der Waals surface area contributed by atoms with Gasteiger partial charge in [0.15, 0.2) is 0 Å². The fourth-order valence-corrected chi connectivity index (χ4v) is 3.12. The Morgan fingerprint density at radius 2 is 2.08 bits per heavy atom. The highest BCUT2D eigenvalue weighted by atomic mass is 79.9. The second-order valence-electron chi connectivity index (χ2n) is 4.67. The lowest BCUT2D eigenvalue weighted by Gasteiger charge is -2.09. The molecule has 0 radical (unpaired) electrons. The summed E-state index contributed by atoms with van der Waals surface area (Å²) >= 11 is 6.55. The fraction of sp³-hybridized carbons (Fsp3) is 0.125. The van der Waals surface area contributed by atoms with E-state index in [2.05, 4.69) is 47.7 Å². The molecule has 0 aromatic heterocycles. The molecule has 0 saturated heterocycles. The predicted octanol–water partition coefficient (Wildman–Crippen LogP) is 3.49. The van der Waals surface area contributed by atoms with E-state index in [-0.39, 0.29) is 18.2 Å². The summed E-state index contributed by atoms with van der Waals surface area (Å²) in [6.07, 6.45) is 1.37. The quantitative estimate of drug-likeness (QED) is 0.459. The summed E-state index contributed by atoms with van der Waals surface area (Å²) in [6.45, 7) is 0.0336. The van der Waals surface area contributed by atoms with E-state index in [1.807, 2.05) is 18.2 Å². The van der Waals surface area contributed by atoms with Crippen molar-refractivity contribution < 1.29 is 14.6 Å². The number of hydrogen-bond acceptors (Lipinski definition) is 5. The van der Waals surface area contributed by atoms with Crippen LogP contribution in [0.1, 0.15) is 5.56 Å². The van der Waals surface area contributed by atoms with Gasteiger partial charge in [-0.3, -0.25) is 4.79 Å². The van der Waals surface area contributed by atoms with E-state index >= 15 is 0 Å². The number of carbonyl (C=O) groups is 1. The number of nitrogens with zero attached hydrogens (tertiary/aromatic N) is 1. The Balaban J connectivity index is 1.92. The van der Waals surface area contributed by atoms with Crippen LogP contribution in [0.25, 0.3) is 0 Å². The minimum atomic E-state index is -0.328. The second-order valence-corrected chi connectivity index (χ2v) is 6.44. The third-order valence-corrected chi connectivity index (χ3v) is 4.06. The van der Waals surface area contributed by atoms with Gasteiger partial charge in [0.25, 0.3) is 5.91 Å². The maximum atomic E-state index is 11.8. The maximum Gasteiger partial charge on any atom is 0.259 e. The van der Waals surface area contributed by atoms with Crippen LogP contribution in [0.2, 0.25) is 0 Å². The van der Waals surface area contributed by atoms with Crippen molar-refractivity contribution in [1.29, 1.82) is 0 Å². The van der Waals surface area contributed by atoms with Gasteiger partial charge in [0.2, 0.25) is 0 Å². The van der Waals surface area contributed by atoms with Gasteiger partial charge in [-0.25, -0.2) is 5.43 Å². The highest BCUT2D eigenvalue weighted by Crippen LogP contribution is 2.30. The molecule has 0 spiro atoms. The van der Waals surface area contributed by atoms with Gasteiger partial charge >= 0.3 is 0 Å². The highest BCUT2D eigenvalue weighted by molar-refractivity contribution is 9.11. The Hall–Kier alpha value is -2.06. The monoisotopic (exact) mass is 455 g/mol. The topological polar surface area (TPSA) is 83.0 Å². The Labute approximate surface area is 156 Å². The molecule has 3 N–H and O–H groups in total. The third kappa shape index (κ3) is 4.97. The third-order valence-electron chi connectivity index (χ3n) is 3.00. The number of nitrogens with one attached hydrogen (secondary N) is 2. The molecular formula is C16H15Br2N3O3. The lowest BCUT2D eigenvalue weighted by molar-refractivity contribution is -0.119. The van der Waals surface area contributed by atoms with Crippen molar-refractivity contribution in [2.45, 2.75) is 0 Å². The van der Waals surface area contributed by atoms with E-state index in [0.29, 0.717) is 21.5 Å². The largest absolute Gasteiger partial charge is 0.506 e. The number of ether oxygens (including phenoxy) is 1. The summed E-state index contributed by atoms with van der Waals surface area (Å²) in [4.78, 5) is 11.8. The molecule has 0 aliphatic rings. The Morgan fingerprint density at radius 1 is 1.33 bits per heavy atom. The van der Waals surface area contributed by atoms with E-state index in [1.165, 1.54) is 6.21 Å². The molecule has 0 aliphatic heterocycles. The zero-order valence-corrected chi connectivity index (χ0v) is 15.9. The summed E-state index contributed by atoms with van der Waals surface area (Å²) in [6, 6.07) is 10.7. The number of rotatable bonds is 6. The van der Waals surface area contributed by atoms with Gasteiger partial charge in [0.1, 0.15) is 11.5 Å². The zero-order chi connectivity index (χ0) is 17.5. The molecule has 0 aliphatic carbocycles. The minimum Gasteiger partial charge on any atom is -0.506 e. The van der Waals surface area contributed by atoms with Gasteiger partial charge in [-0.15, -0.1) is 0 Å². The van der Waals surface area contributed by atoms with E-state index in [0.717, 1.165) is 4.47 Å². The molecule has 0 bridgehead atoms. The summed E-state index contributed by atoms with van der Waals surface area (Å²) in [7, 11) is 1.56. The normalized spacial score (nSPS) is 10.6. The van der Waals surface area contributed by atoms with Gasteiger partial charge in [0.05, 0.1) is 30.0 Å². The van der Waals surface area contributed by atoms with Crippen LogP contribution in [0.5, 0.6) is 11.5 Å². The summed E-state index contributed by atoms with van der Waals surface area (Å²) in [5, 5.41) is 16.7. The Bertz CT molecular complexity index is 766. The predicted molar refractivity (Wildman–Crippen MR) is 101 cm³/mol. The molecule has 8 heteroatoms. The van der Waals surface area contributed by atoms with Crippen molar-refractivity contribution in [1.82, 2.24) is 5.43 Å². The number of aromatic hydroxyl groups is 1. The summed E-state index contributed by atoms with van der Waals surface area (Å²) in [5.41, 5.74) is 3.57. The number of methoxy groups -OCH3 is 1. The van der Waals surface area contributed by atoms with Crippen LogP contribution >= 0.6 is 31.9 Å². The van der Waals surface area contributed by atoms with Gasteiger partial charge in [-0.05, 0) is 40.2 Å². The van der Waals surface area contributed by atoms with Crippen LogP contribution in [0.4, 0.5) is 5.69 Å². The molecule has 126 valence electrons. The first-order valence-corrected chi connectivity index (χ1v) is 8.46. The number of hydrazone groups is 1. The number of halogens is 2. The minimum absolute atomic E-state index is 0.0336. The summed E-state index contributed by atoms with van der Waals surface area (Å²) in [5.74, 6) is 0.367. The molecule has 2 aromatic rings.